The van der Waals surface area contributed by atoms with E-state index in [-0.39, 0.29) is 5.92 Å². The summed E-state index contributed by atoms with van der Waals surface area (Å²) in [7, 11) is 1.75. The van der Waals surface area contributed by atoms with E-state index in [0.29, 0.717) is 17.9 Å². The van der Waals surface area contributed by atoms with Gasteiger partial charge in [-0.05, 0) is 42.9 Å². The highest BCUT2D eigenvalue weighted by Crippen LogP contribution is 2.48. The number of carbonyl (C=O) groups excluding carboxylic acids is 1. The molecule has 0 aromatic heterocycles. The number of amides is 1. The first-order chi connectivity index (χ1) is 9.69. The van der Waals surface area contributed by atoms with Gasteiger partial charge in [0.1, 0.15) is 0 Å². The first-order valence-electron chi connectivity index (χ1n) is 7.26. The fourth-order valence-corrected chi connectivity index (χ4v) is 3.22. The number of ether oxygens (including phenoxy) is 1. The van der Waals surface area contributed by atoms with Gasteiger partial charge in [0.05, 0.1) is 6.10 Å². The zero-order valence-electron chi connectivity index (χ0n) is 11.7. The molecule has 0 N–H and O–H groups in total. The summed E-state index contributed by atoms with van der Waals surface area (Å²) in [5.41, 5.74) is 1.24. The van der Waals surface area contributed by atoms with E-state index in [1.54, 1.807) is 7.11 Å². The summed E-state index contributed by atoms with van der Waals surface area (Å²) < 4.78 is 5.35. The second kappa shape index (κ2) is 5.74. The van der Waals surface area contributed by atoms with Crippen LogP contribution in [-0.4, -0.2) is 37.1 Å². The van der Waals surface area contributed by atoms with Crippen LogP contribution in [0.4, 0.5) is 0 Å². The summed E-state index contributed by atoms with van der Waals surface area (Å²) in [6, 6.07) is 7.89. The van der Waals surface area contributed by atoms with E-state index in [0.717, 1.165) is 37.4 Å². The molecule has 108 valence electrons. The topological polar surface area (TPSA) is 29.5 Å². The predicted octanol–water partition coefficient (Wildman–Crippen LogP) is 3.08. The van der Waals surface area contributed by atoms with Crippen molar-refractivity contribution in [3.63, 3.8) is 0 Å². The number of piperidine rings is 1. The van der Waals surface area contributed by atoms with Gasteiger partial charge in [-0.15, -0.1) is 0 Å². The van der Waals surface area contributed by atoms with Gasteiger partial charge in [0.2, 0.25) is 5.91 Å². The van der Waals surface area contributed by atoms with Crippen LogP contribution in [-0.2, 0) is 9.53 Å². The van der Waals surface area contributed by atoms with Crippen molar-refractivity contribution in [3.05, 3.63) is 34.9 Å². The average molecular weight is 294 g/mol. The number of hydrogen-bond acceptors (Lipinski definition) is 2. The minimum absolute atomic E-state index is 0.176. The van der Waals surface area contributed by atoms with Crippen molar-refractivity contribution in [1.82, 2.24) is 4.90 Å². The molecule has 1 saturated carbocycles. The molecule has 2 fully saturated rings. The van der Waals surface area contributed by atoms with E-state index in [1.807, 2.05) is 29.2 Å². The van der Waals surface area contributed by atoms with Crippen molar-refractivity contribution in [2.24, 2.45) is 5.92 Å². The first-order valence-corrected chi connectivity index (χ1v) is 7.64. The lowest BCUT2D eigenvalue weighted by molar-refractivity contribution is -0.135. The molecule has 3 nitrogen and oxygen atoms in total. The zero-order valence-corrected chi connectivity index (χ0v) is 12.5. The third-order valence-electron chi connectivity index (χ3n) is 4.49. The van der Waals surface area contributed by atoms with Crippen molar-refractivity contribution in [1.29, 1.82) is 0 Å². The smallest absolute Gasteiger partial charge is 0.226 e. The lowest BCUT2D eigenvalue weighted by atomic mass is 10.1. The number of hydrogen-bond donors (Lipinski definition) is 0. The number of methoxy groups -OCH3 is 1. The summed E-state index contributed by atoms with van der Waals surface area (Å²) in [4.78, 5) is 14.5. The molecule has 2 atom stereocenters. The molecule has 3 rings (SSSR count). The molecule has 0 unspecified atom stereocenters. The average Bonchev–Trinajstić information content (AvgIpc) is 3.28. The van der Waals surface area contributed by atoms with Crippen LogP contribution < -0.4 is 0 Å². The molecule has 1 heterocycles. The summed E-state index contributed by atoms with van der Waals surface area (Å²) >= 11 is 5.90. The number of likely N-dealkylation sites (tertiary alicyclic amines) is 1. The first kappa shape index (κ1) is 13.9. The van der Waals surface area contributed by atoms with Gasteiger partial charge in [-0.1, -0.05) is 23.7 Å². The van der Waals surface area contributed by atoms with Crippen LogP contribution in [0.1, 0.15) is 30.7 Å². The normalized spacial score (nSPS) is 26.6. The molecule has 2 aliphatic rings. The van der Waals surface area contributed by atoms with E-state index < -0.39 is 0 Å². The van der Waals surface area contributed by atoms with Crippen molar-refractivity contribution >= 4 is 17.5 Å². The molecule has 1 aromatic carbocycles. The van der Waals surface area contributed by atoms with Crippen molar-refractivity contribution < 1.29 is 9.53 Å². The number of carbonyl (C=O) groups is 1. The SMILES string of the molecule is COC1CCN(C(=O)[C@H]2C[C@@H]2c2ccc(Cl)cc2)CC1. The number of benzene rings is 1. The van der Waals surface area contributed by atoms with Crippen LogP contribution in [0.5, 0.6) is 0 Å². The molecule has 0 radical (unpaired) electrons. The number of halogens is 1. The Labute approximate surface area is 124 Å². The van der Waals surface area contributed by atoms with Gasteiger partial charge in [-0.3, -0.25) is 4.79 Å². The second-order valence-electron chi connectivity index (χ2n) is 5.76. The van der Waals surface area contributed by atoms with Crippen LogP contribution in [0, 0.1) is 5.92 Å². The monoisotopic (exact) mass is 293 g/mol. The molecule has 20 heavy (non-hydrogen) atoms. The van der Waals surface area contributed by atoms with Gasteiger partial charge < -0.3 is 9.64 Å². The third-order valence-corrected chi connectivity index (χ3v) is 4.74. The Kier molecular flexibility index (Phi) is 3.99. The van der Waals surface area contributed by atoms with Crippen LogP contribution in [0.15, 0.2) is 24.3 Å². The molecular weight excluding hydrogens is 274 g/mol. The van der Waals surface area contributed by atoms with E-state index >= 15 is 0 Å². The highest BCUT2D eigenvalue weighted by molar-refractivity contribution is 6.30. The molecule has 1 saturated heterocycles. The zero-order chi connectivity index (χ0) is 14.1. The van der Waals surface area contributed by atoms with Gasteiger partial charge in [0.25, 0.3) is 0 Å². The molecular formula is C16H20ClNO2. The maximum Gasteiger partial charge on any atom is 0.226 e. The molecule has 0 spiro atoms. The van der Waals surface area contributed by atoms with Crippen molar-refractivity contribution in [2.75, 3.05) is 20.2 Å². The van der Waals surface area contributed by atoms with E-state index in [9.17, 15) is 4.79 Å². The fourth-order valence-electron chi connectivity index (χ4n) is 3.09. The van der Waals surface area contributed by atoms with Crippen molar-refractivity contribution in [2.45, 2.75) is 31.3 Å². The molecule has 1 aliphatic carbocycles. The van der Waals surface area contributed by atoms with Crippen LogP contribution in [0.2, 0.25) is 5.02 Å². The Hall–Kier alpha value is -1.06. The summed E-state index contributed by atoms with van der Waals surface area (Å²) in [5.74, 6) is 0.884. The van der Waals surface area contributed by atoms with Gasteiger partial charge in [0, 0.05) is 31.1 Å². The van der Waals surface area contributed by atoms with Gasteiger partial charge in [-0.2, -0.15) is 0 Å². The fraction of sp³-hybridized carbons (Fsp3) is 0.562. The summed E-state index contributed by atoms with van der Waals surface area (Å²) in [6.45, 7) is 1.67. The molecule has 1 aliphatic heterocycles. The Bertz CT molecular complexity index is 480. The highest BCUT2D eigenvalue weighted by atomic mass is 35.5. The van der Waals surface area contributed by atoms with Gasteiger partial charge in [0.15, 0.2) is 0 Å². The minimum atomic E-state index is 0.176. The van der Waals surface area contributed by atoms with Crippen LogP contribution in [0.25, 0.3) is 0 Å². The summed E-state index contributed by atoms with van der Waals surface area (Å²) in [5, 5.41) is 0.749. The molecule has 0 bridgehead atoms. The van der Waals surface area contributed by atoms with Crippen LogP contribution in [0.3, 0.4) is 0 Å². The van der Waals surface area contributed by atoms with E-state index in [2.05, 4.69) is 0 Å². The molecule has 1 aromatic rings. The number of rotatable bonds is 3. The third kappa shape index (κ3) is 2.84. The second-order valence-corrected chi connectivity index (χ2v) is 6.20. The van der Waals surface area contributed by atoms with Gasteiger partial charge >= 0.3 is 0 Å². The Morgan fingerprint density at radius 2 is 1.90 bits per heavy atom. The minimum Gasteiger partial charge on any atom is -0.381 e. The lowest BCUT2D eigenvalue weighted by Gasteiger charge is -2.31. The number of nitrogens with zero attached hydrogens (tertiary/aromatic N) is 1. The lowest BCUT2D eigenvalue weighted by Crippen LogP contribution is -2.41. The highest BCUT2D eigenvalue weighted by Gasteiger charge is 2.46. The molecule has 4 heteroatoms. The Balaban J connectivity index is 1.56. The maximum absolute atomic E-state index is 12.5. The standard InChI is InChI=1S/C16H20ClNO2/c1-20-13-6-8-18(9-7-13)16(19)15-10-14(15)11-2-4-12(17)5-3-11/h2-5,13-15H,6-10H2,1H3/t14-,15+/m1/s1. The van der Waals surface area contributed by atoms with E-state index in [1.165, 1.54) is 5.56 Å². The summed E-state index contributed by atoms with van der Waals surface area (Å²) in [6.07, 6.45) is 3.22. The quantitative estimate of drug-likeness (QED) is 0.857. The Morgan fingerprint density at radius 3 is 2.50 bits per heavy atom. The van der Waals surface area contributed by atoms with E-state index in [4.69, 9.17) is 16.3 Å². The Morgan fingerprint density at radius 1 is 1.25 bits per heavy atom. The maximum atomic E-state index is 12.5. The largest absolute Gasteiger partial charge is 0.381 e. The van der Waals surface area contributed by atoms with Crippen molar-refractivity contribution in [3.8, 4) is 0 Å². The predicted molar refractivity (Wildman–Crippen MR) is 78.9 cm³/mol. The van der Waals surface area contributed by atoms with Gasteiger partial charge in [-0.25, -0.2) is 0 Å². The molecule has 1 amide bonds. The van der Waals surface area contributed by atoms with Crippen LogP contribution >= 0.6 is 11.6 Å².